The van der Waals surface area contributed by atoms with Gasteiger partial charge in [0, 0.05) is 16.7 Å². The number of carboxylic acid groups (broad SMARTS) is 1. The summed E-state index contributed by atoms with van der Waals surface area (Å²) in [7, 11) is -3.19. The lowest BCUT2D eigenvalue weighted by Gasteiger charge is -2.25. The molecule has 1 amide bonds. The van der Waals surface area contributed by atoms with Crippen LogP contribution in [0.25, 0.3) is 0 Å². The molecule has 11 heteroatoms. The number of benzene rings is 1. The summed E-state index contributed by atoms with van der Waals surface area (Å²) in [5.74, 6) is -1.73. The van der Waals surface area contributed by atoms with Crippen molar-refractivity contribution in [1.29, 1.82) is 0 Å². The number of amides is 1. The molecule has 1 aromatic carbocycles. The second-order valence-corrected chi connectivity index (χ2v) is 10.2. The van der Waals surface area contributed by atoms with Gasteiger partial charge in [-0.15, -0.1) is 0 Å². The molecule has 1 aromatic rings. The zero-order valence-corrected chi connectivity index (χ0v) is 16.4. The number of hydrogen-bond acceptors (Lipinski definition) is 5. The summed E-state index contributed by atoms with van der Waals surface area (Å²) < 4.78 is 24.0. The average Bonchev–Trinajstić information content (AvgIpc) is 2.97. The normalized spacial score (nSPS) is 25.5. The highest BCUT2D eigenvalue weighted by Gasteiger charge is 2.49. The van der Waals surface area contributed by atoms with Crippen molar-refractivity contribution in [2.45, 2.75) is 24.1 Å². The van der Waals surface area contributed by atoms with E-state index in [1.807, 2.05) is 0 Å². The fourth-order valence-corrected chi connectivity index (χ4v) is 7.32. The van der Waals surface area contributed by atoms with E-state index < -0.39 is 27.8 Å². The molecule has 0 radical (unpaired) electrons. The number of thioether (sulfide) groups is 1. The predicted molar refractivity (Wildman–Crippen MR) is 102 cm³/mol. The van der Waals surface area contributed by atoms with Gasteiger partial charge >= 0.3 is 5.97 Å². The van der Waals surface area contributed by atoms with Gasteiger partial charge in [0.05, 0.1) is 34.7 Å². The molecule has 2 atom stereocenters. The van der Waals surface area contributed by atoms with Crippen LogP contribution in [0.4, 0.5) is 5.69 Å². The Hall–Kier alpha value is -1.29. The summed E-state index contributed by atoms with van der Waals surface area (Å²) in [6.45, 7) is 0. The Morgan fingerprint density at radius 2 is 2.00 bits per heavy atom. The molecule has 0 saturated carbocycles. The Balaban J connectivity index is 1.96. The molecule has 0 aliphatic carbocycles. The van der Waals surface area contributed by atoms with Crippen molar-refractivity contribution >= 4 is 67.5 Å². The Morgan fingerprint density at radius 3 is 2.65 bits per heavy atom. The Kier molecular flexibility index (Phi) is 5.53. The standard InChI is InChI=1S/C15H14Cl2N2O5S2/c16-8-1-2-10(9(17)5-8)19-11-6-26(23,24)7-12(11)25-15(19)18-13(20)3-4-14(21)22/h1-2,5,11-12H,3-4,6-7H2,(H,21,22)/t11-,12+/m1/s1. The highest BCUT2D eigenvalue weighted by atomic mass is 35.5. The monoisotopic (exact) mass is 436 g/mol. The molecule has 2 aliphatic heterocycles. The van der Waals surface area contributed by atoms with Gasteiger partial charge in [-0.3, -0.25) is 9.59 Å². The SMILES string of the molecule is O=C(O)CCC(=O)N=C1S[C@H]2CS(=O)(=O)C[C@H]2N1c1ccc(Cl)cc1Cl. The number of fused-ring (bicyclic) bond motifs is 1. The van der Waals surface area contributed by atoms with Crippen LogP contribution in [0.2, 0.25) is 10.0 Å². The molecule has 0 spiro atoms. The van der Waals surface area contributed by atoms with Gasteiger partial charge in [0.2, 0.25) is 5.91 Å². The van der Waals surface area contributed by atoms with Gasteiger partial charge in [-0.1, -0.05) is 35.0 Å². The molecule has 2 fully saturated rings. The number of aliphatic imine (C=N–C) groups is 1. The van der Waals surface area contributed by atoms with Crippen LogP contribution in [0.3, 0.4) is 0 Å². The van der Waals surface area contributed by atoms with Crippen molar-refractivity contribution < 1.29 is 23.1 Å². The van der Waals surface area contributed by atoms with Crippen molar-refractivity contribution in [2.75, 3.05) is 16.4 Å². The Morgan fingerprint density at radius 1 is 1.27 bits per heavy atom. The minimum atomic E-state index is -3.19. The third-order valence-corrected chi connectivity index (χ3v) is 7.76. The fourth-order valence-electron chi connectivity index (χ4n) is 2.90. The van der Waals surface area contributed by atoms with Gasteiger partial charge < -0.3 is 10.0 Å². The maximum Gasteiger partial charge on any atom is 0.303 e. The fraction of sp³-hybridized carbons (Fsp3) is 0.400. The Labute approximate surface area is 164 Å². The van der Waals surface area contributed by atoms with Gasteiger partial charge in [-0.25, -0.2) is 8.42 Å². The van der Waals surface area contributed by atoms with Crippen LogP contribution in [-0.2, 0) is 19.4 Å². The van der Waals surface area contributed by atoms with Gasteiger partial charge in [0.15, 0.2) is 15.0 Å². The van der Waals surface area contributed by atoms with E-state index in [0.29, 0.717) is 20.9 Å². The van der Waals surface area contributed by atoms with Gasteiger partial charge in [0.1, 0.15) is 0 Å². The first-order chi connectivity index (χ1) is 12.2. The molecular weight excluding hydrogens is 423 g/mol. The van der Waals surface area contributed by atoms with E-state index in [1.165, 1.54) is 17.8 Å². The van der Waals surface area contributed by atoms with Crippen molar-refractivity contribution in [3.05, 3.63) is 28.2 Å². The number of sulfone groups is 1. The second kappa shape index (κ2) is 7.38. The van der Waals surface area contributed by atoms with E-state index in [-0.39, 0.29) is 29.6 Å². The highest BCUT2D eigenvalue weighted by molar-refractivity contribution is 8.16. The van der Waals surface area contributed by atoms with Crippen molar-refractivity contribution in [2.24, 2.45) is 4.99 Å². The molecule has 3 rings (SSSR count). The minimum Gasteiger partial charge on any atom is -0.481 e. The summed E-state index contributed by atoms with van der Waals surface area (Å²) in [5, 5.41) is 9.50. The Bertz CT molecular complexity index is 903. The van der Waals surface area contributed by atoms with E-state index in [9.17, 15) is 18.0 Å². The number of amidine groups is 1. The van der Waals surface area contributed by atoms with Crippen LogP contribution >= 0.6 is 35.0 Å². The summed E-state index contributed by atoms with van der Waals surface area (Å²) in [6.07, 6.45) is -0.543. The topological polar surface area (TPSA) is 104 Å². The van der Waals surface area contributed by atoms with E-state index >= 15 is 0 Å². The van der Waals surface area contributed by atoms with Crippen molar-refractivity contribution in [3.63, 3.8) is 0 Å². The number of carboxylic acids is 1. The molecule has 26 heavy (non-hydrogen) atoms. The number of nitrogens with zero attached hydrogens (tertiary/aromatic N) is 2. The number of halogens is 2. The molecule has 140 valence electrons. The van der Waals surface area contributed by atoms with Gasteiger partial charge in [-0.05, 0) is 18.2 Å². The summed E-state index contributed by atoms with van der Waals surface area (Å²) in [4.78, 5) is 28.3. The van der Waals surface area contributed by atoms with E-state index in [1.54, 1.807) is 17.0 Å². The molecule has 1 N–H and O–H groups in total. The van der Waals surface area contributed by atoms with Crippen LogP contribution in [0.1, 0.15) is 12.8 Å². The number of carbonyl (C=O) groups is 2. The summed E-state index contributed by atoms with van der Waals surface area (Å²) in [6, 6.07) is 4.41. The molecular formula is C15H14Cl2N2O5S2. The number of carbonyl (C=O) groups excluding carboxylic acids is 1. The quantitative estimate of drug-likeness (QED) is 0.772. The molecule has 2 heterocycles. The molecule has 2 aliphatic rings. The number of hydrogen-bond donors (Lipinski definition) is 1. The maximum atomic E-state index is 12.0. The molecule has 7 nitrogen and oxygen atoms in total. The van der Waals surface area contributed by atoms with Crippen LogP contribution in [0.5, 0.6) is 0 Å². The molecule has 0 aromatic heterocycles. The first-order valence-corrected chi connectivity index (χ1v) is 11.1. The van der Waals surface area contributed by atoms with Crippen LogP contribution in [-0.4, -0.2) is 53.4 Å². The highest BCUT2D eigenvalue weighted by Crippen LogP contribution is 2.43. The average molecular weight is 437 g/mol. The zero-order valence-electron chi connectivity index (χ0n) is 13.3. The smallest absolute Gasteiger partial charge is 0.303 e. The zero-order chi connectivity index (χ0) is 19.1. The predicted octanol–water partition coefficient (Wildman–Crippen LogP) is 2.46. The summed E-state index contributed by atoms with van der Waals surface area (Å²) >= 11 is 13.4. The van der Waals surface area contributed by atoms with Crippen LogP contribution in [0, 0.1) is 0 Å². The lowest BCUT2D eigenvalue weighted by molar-refractivity contribution is -0.138. The van der Waals surface area contributed by atoms with Crippen LogP contribution in [0.15, 0.2) is 23.2 Å². The second-order valence-electron chi connectivity index (χ2n) is 5.95. The first-order valence-electron chi connectivity index (χ1n) is 7.61. The molecule has 2 saturated heterocycles. The molecule has 0 unspecified atom stereocenters. The lowest BCUT2D eigenvalue weighted by Crippen LogP contribution is -2.37. The van der Waals surface area contributed by atoms with Crippen molar-refractivity contribution in [3.8, 4) is 0 Å². The van der Waals surface area contributed by atoms with Gasteiger partial charge in [0.25, 0.3) is 0 Å². The maximum absolute atomic E-state index is 12.0. The van der Waals surface area contributed by atoms with E-state index in [0.717, 1.165) is 0 Å². The number of anilines is 1. The lowest BCUT2D eigenvalue weighted by atomic mass is 10.2. The largest absolute Gasteiger partial charge is 0.481 e. The van der Waals surface area contributed by atoms with Crippen molar-refractivity contribution in [1.82, 2.24) is 0 Å². The third-order valence-electron chi connectivity index (χ3n) is 4.01. The number of rotatable bonds is 4. The minimum absolute atomic E-state index is 0.00756. The van der Waals surface area contributed by atoms with Crippen LogP contribution < -0.4 is 4.90 Å². The van der Waals surface area contributed by atoms with E-state index in [2.05, 4.69) is 4.99 Å². The summed E-state index contributed by atoms with van der Waals surface area (Å²) in [5.41, 5.74) is 0.512. The van der Waals surface area contributed by atoms with Gasteiger partial charge in [-0.2, -0.15) is 4.99 Å². The van der Waals surface area contributed by atoms with E-state index in [4.69, 9.17) is 28.3 Å². The molecule has 0 bridgehead atoms. The number of aliphatic carboxylic acids is 1. The third kappa shape index (κ3) is 4.16. The first kappa shape index (κ1) is 19.5.